The van der Waals surface area contributed by atoms with Gasteiger partial charge in [0.2, 0.25) is 0 Å². The number of para-hydroxylation sites is 3. The van der Waals surface area contributed by atoms with E-state index in [1.807, 2.05) is 6.07 Å². The van der Waals surface area contributed by atoms with E-state index in [2.05, 4.69) is 127 Å². The molecule has 0 unspecified atom stereocenters. The third-order valence-electron chi connectivity index (χ3n) is 7.16. The molecule has 1 aromatic heterocycles. The summed E-state index contributed by atoms with van der Waals surface area (Å²) >= 11 is 0. The maximum atomic E-state index is 9.25. The number of anilines is 3. The van der Waals surface area contributed by atoms with Gasteiger partial charge in [-0.25, -0.2) is 0 Å². The van der Waals surface area contributed by atoms with Gasteiger partial charge in [0.05, 0.1) is 34.4 Å². The summed E-state index contributed by atoms with van der Waals surface area (Å²) in [5.74, 6) is 0. The number of pyridine rings is 1. The maximum absolute atomic E-state index is 9.25. The van der Waals surface area contributed by atoms with Gasteiger partial charge in [-0.2, -0.15) is 5.26 Å². The van der Waals surface area contributed by atoms with E-state index in [1.54, 1.807) is 12.3 Å². The van der Waals surface area contributed by atoms with Crippen molar-refractivity contribution in [3.8, 4) is 28.5 Å². The highest BCUT2D eigenvalue weighted by molar-refractivity contribution is 5.92. The SMILES string of the molecule is CC1(C)c2ccccc2N(c2ccccc2-c2ccc(-c3cc(C#N)ccn3)cc2)c2ccccc21. The lowest BCUT2D eigenvalue weighted by Gasteiger charge is -2.42. The highest BCUT2D eigenvalue weighted by Crippen LogP contribution is 2.53. The van der Waals surface area contributed by atoms with Crippen LogP contribution in [0.3, 0.4) is 0 Å². The number of fused-ring (bicyclic) bond motifs is 2. The summed E-state index contributed by atoms with van der Waals surface area (Å²) in [4.78, 5) is 6.86. The summed E-state index contributed by atoms with van der Waals surface area (Å²) in [5, 5.41) is 9.25. The minimum atomic E-state index is -0.0920. The Hall–Kier alpha value is -4.68. The van der Waals surface area contributed by atoms with Gasteiger partial charge >= 0.3 is 0 Å². The molecule has 0 bridgehead atoms. The van der Waals surface area contributed by atoms with Crippen LogP contribution in [-0.4, -0.2) is 4.98 Å². The van der Waals surface area contributed by atoms with Crippen molar-refractivity contribution in [2.24, 2.45) is 0 Å². The minimum absolute atomic E-state index is 0.0920. The number of nitriles is 1. The van der Waals surface area contributed by atoms with Crippen LogP contribution >= 0.6 is 0 Å². The monoisotopic (exact) mass is 463 g/mol. The number of aromatic nitrogens is 1. The van der Waals surface area contributed by atoms with Crippen LogP contribution in [0, 0.1) is 11.3 Å². The zero-order valence-electron chi connectivity index (χ0n) is 20.3. The van der Waals surface area contributed by atoms with Gasteiger partial charge in [0.1, 0.15) is 0 Å². The fourth-order valence-electron chi connectivity index (χ4n) is 5.32. The minimum Gasteiger partial charge on any atom is -0.309 e. The lowest BCUT2D eigenvalue weighted by Crippen LogP contribution is -2.30. The van der Waals surface area contributed by atoms with Gasteiger partial charge in [-0.1, -0.05) is 92.7 Å². The molecule has 0 radical (unpaired) electrons. The first-order valence-electron chi connectivity index (χ1n) is 12.1. The maximum Gasteiger partial charge on any atom is 0.0992 e. The molecule has 0 aliphatic carbocycles. The summed E-state index contributed by atoms with van der Waals surface area (Å²) in [6, 6.07) is 40.2. The summed E-state index contributed by atoms with van der Waals surface area (Å²) in [6.07, 6.45) is 1.68. The van der Waals surface area contributed by atoms with E-state index in [4.69, 9.17) is 0 Å². The Kier molecular flexibility index (Phi) is 5.16. The summed E-state index contributed by atoms with van der Waals surface area (Å²) in [6.45, 7) is 4.62. The molecule has 3 heteroatoms. The molecule has 4 aromatic carbocycles. The van der Waals surface area contributed by atoms with Crippen molar-refractivity contribution >= 4 is 17.1 Å². The van der Waals surface area contributed by atoms with E-state index in [-0.39, 0.29) is 5.41 Å². The molecule has 0 saturated carbocycles. The van der Waals surface area contributed by atoms with E-state index in [1.165, 1.54) is 22.5 Å². The van der Waals surface area contributed by atoms with Crippen LogP contribution in [0.2, 0.25) is 0 Å². The first kappa shape index (κ1) is 21.8. The second kappa shape index (κ2) is 8.52. The van der Waals surface area contributed by atoms with Crippen LogP contribution in [0.4, 0.5) is 17.1 Å². The molecule has 6 rings (SSSR count). The lowest BCUT2D eigenvalue weighted by atomic mass is 9.73. The van der Waals surface area contributed by atoms with Gasteiger partial charge in [-0.3, -0.25) is 4.98 Å². The molecular weight excluding hydrogens is 438 g/mol. The van der Waals surface area contributed by atoms with Gasteiger partial charge in [0, 0.05) is 22.7 Å². The zero-order valence-corrected chi connectivity index (χ0v) is 20.3. The smallest absolute Gasteiger partial charge is 0.0992 e. The molecule has 0 spiro atoms. The quantitative estimate of drug-likeness (QED) is 0.270. The van der Waals surface area contributed by atoms with Crippen molar-refractivity contribution in [2.75, 3.05) is 4.90 Å². The Bertz CT molecular complexity index is 1570. The van der Waals surface area contributed by atoms with E-state index in [0.717, 1.165) is 28.1 Å². The molecular formula is C33H25N3. The topological polar surface area (TPSA) is 39.9 Å². The zero-order chi connectivity index (χ0) is 24.7. The average Bonchev–Trinajstić information content (AvgIpc) is 2.94. The lowest BCUT2D eigenvalue weighted by molar-refractivity contribution is 0.632. The Morgan fingerprint density at radius 2 is 1.22 bits per heavy atom. The van der Waals surface area contributed by atoms with Crippen molar-refractivity contribution in [3.63, 3.8) is 0 Å². The second-order valence-electron chi connectivity index (χ2n) is 9.63. The van der Waals surface area contributed by atoms with Crippen molar-refractivity contribution < 1.29 is 0 Å². The highest BCUT2D eigenvalue weighted by atomic mass is 15.2. The molecule has 0 saturated heterocycles. The molecule has 3 nitrogen and oxygen atoms in total. The fourth-order valence-corrected chi connectivity index (χ4v) is 5.32. The highest BCUT2D eigenvalue weighted by Gasteiger charge is 2.36. The fraction of sp³-hybridized carbons (Fsp3) is 0.0909. The third kappa shape index (κ3) is 3.47. The van der Waals surface area contributed by atoms with Gasteiger partial charge in [-0.05, 0) is 47.0 Å². The van der Waals surface area contributed by atoms with Crippen molar-refractivity contribution in [3.05, 3.63) is 132 Å². The van der Waals surface area contributed by atoms with Crippen molar-refractivity contribution in [2.45, 2.75) is 19.3 Å². The number of rotatable bonds is 3. The van der Waals surface area contributed by atoms with Crippen LogP contribution in [-0.2, 0) is 5.41 Å². The van der Waals surface area contributed by atoms with Crippen LogP contribution in [0.1, 0.15) is 30.5 Å². The predicted molar refractivity (Wildman–Crippen MR) is 147 cm³/mol. The van der Waals surface area contributed by atoms with E-state index in [0.29, 0.717) is 5.56 Å². The first-order valence-corrected chi connectivity index (χ1v) is 12.1. The molecule has 5 aromatic rings. The summed E-state index contributed by atoms with van der Waals surface area (Å²) in [7, 11) is 0. The molecule has 0 fully saturated rings. The Morgan fingerprint density at radius 1 is 0.667 bits per heavy atom. The van der Waals surface area contributed by atoms with E-state index in [9.17, 15) is 5.26 Å². The number of benzene rings is 4. The molecule has 172 valence electrons. The summed E-state index contributed by atoms with van der Waals surface area (Å²) < 4.78 is 0. The largest absolute Gasteiger partial charge is 0.309 e. The van der Waals surface area contributed by atoms with Gasteiger partial charge < -0.3 is 4.90 Å². The summed E-state index contributed by atoms with van der Waals surface area (Å²) in [5.41, 5.74) is 10.8. The number of hydrogen-bond acceptors (Lipinski definition) is 3. The van der Waals surface area contributed by atoms with Gasteiger partial charge in [0.25, 0.3) is 0 Å². The molecule has 1 aliphatic rings. The molecule has 0 N–H and O–H groups in total. The average molecular weight is 464 g/mol. The van der Waals surface area contributed by atoms with Crippen LogP contribution in [0.15, 0.2) is 115 Å². The Morgan fingerprint density at radius 3 is 1.86 bits per heavy atom. The molecule has 0 atom stereocenters. The van der Waals surface area contributed by atoms with Crippen LogP contribution in [0.5, 0.6) is 0 Å². The van der Waals surface area contributed by atoms with Crippen LogP contribution < -0.4 is 4.90 Å². The van der Waals surface area contributed by atoms with Crippen molar-refractivity contribution in [1.29, 1.82) is 5.26 Å². The molecule has 1 aliphatic heterocycles. The normalized spacial score (nSPS) is 13.4. The Balaban J connectivity index is 1.49. The van der Waals surface area contributed by atoms with E-state index >= 15 is 0 Å². The first-order chi connectivity index (χ1) is 17.6. The second-order valence-corrected chi connectivity index (χ2v) is 9.63. The van der Waals surface area contributed by atoms with Gasteiger partial charge in [0.15, 0.2) is 0 Å². The molecule has 0 amide bonds. The predicted octanol–water partition coefficient (Wildman–Crippen LogP) is 8.40. The standard InChI is InChI=1S/C33H25N3/c1-33(2)27-10-4-7-13-31(27)36(32-14-8-5-11-28(32)33)30-12-6-3-9-26(30)24-15-17-25(18-16-24)29-21-23(22-34)19-20-35-29/h3-21H,1-2H3. The molecule has 2 heterocycles. The third-order valence-corrected chi connectivity index (χ3v) is 7.16. The van der Waals surface area contributed by atoms with Crippen molar-refractivity contribution in [1.82, 2.24) is 4.98 Å². The number of nitrogens with zero attached hydrogens (tertiary/aromatic N) is 3. The number of hydrogen-bond donors (Lipinski definition) is 0. The van der Waals surface area contributed by atoms with Crippen LogP contribution in [0.25, 0.3) is 22.4 Å². The Labute approximate surface area is 211 Å². The van der Waals surface area contributed by atoms with Gasteiger partial charge in [-0.15, -0.1) is 0 Å². The molecule has 36 heavy (non-hydrogen) atoms. The van der Waals surface area contributed by atoms with E-state index < -0.39 is 0 Å².